The van der Waals surface area contributed by atoms with E-state index in [4.69, 9.17) is 9.47 Å². The lowest BCUT2D eigenvalue weighted by molar-refractivity contribution is -0.00149. The number of carbonyl (C=O) groups excluding carboxylic acids is 1. The van der Waals surface area contributed by atoms with Gasteiger partial charge in [0.05, 0.1) is 13.2 Å². The number of rotatable bonds is 3. The molecule has 2 bridgehead atoms. The largest absolute Gasteiger partial charge is 0.497 e. The van der Waals surface area contributed by atoms with Crippen LogP contribution in [-0.2, 0) is 11.2 Å². The van der Waals surface area contributed by atoms with Crippen LogP contribution in [0.4, 0.5) is 4.79 Å². The molecule has 4 nitrogen and oxygen atoms in total. The number of carbonyl (C=O) groups is 1. The van der Waals surface area contributed by atoms with Gasteiger partial charge in [0.25, 0.3) is 0 Å². The molecule has 0 N–H and O–H groups in total. The lowest BCUT2D eigenvalue weighted by atomic mass is 9.83. The number of hydrogen-bond acceptors (Lipinski definition) is 3. The predicted molar refractivity (Wildman–Crippen MR) is 98.9 cm³/mol. The minimum absolute atomic E-state index is 0.168. The van der Waals surface area contributed by atoms with E-state index in [9.17, 15) is 4.79 Å². The van der Waals surface area contributed by atoms with Crippen molar-refractivity contribution in [3.8, 4) is 5.75 Å². The minimum Gasteiger partial charge on any atom is -0.497 e. The molecule has 0 spiro atoms. The lowest BCUT2D eigenvalue weighted by Crippen LogP contribution is -2.53. The predicted octanol–water partition coefficient (Wildman–Crippen LogP) is 4.73. The number of hydrogen-bond donors (Lipinski definition) is 0. The second kappa shape index (κ2) is 7.11. The molecule has 1 fully saturated rings. The van der Waals surface area contributed by atoms with E-state index >= 15 is 0 Å². The molecular formula is C21H29NO3. The average Bonchev–Trinajstić information content (AvgIpc) is 2.52. The first-order valence-corrected chi connectivity index (χ1v) is 9.19. The molecule has 3 rings (SSSR count). The smallest absolute Gasteiger partial charge is 0.411 e. The van der Waals surface area contributed by atoms with E-state index in [2.05, 4.69) is 18.2 Å². The Bertz CT molecular complexity index is 659. The summed E-state index contributed by atoms with van der Waals surface area (Å²) in [4.78, 5) is 14.6. The standard InChI is InChI=1S/C21H29NO3/c1-21(2,3)25-20(23)22-17-8-6-9-18(22)13-16(12-17)11-15-7-5-10-19(14-15)24-4/h5,7,10,12,14,17-18H,6,8-9,11,13H2,1-4H3. The maximum absolute atomic E-state index is 12.6. The highest BCUT2D eigenvalue weighted by molar-refractivity contribution is 5.70. The number of nitrogens with zero attached hydrogens (tertiary/aromatic N) is 1. The monoisotopic (exact) mass is 343 g/mol. The third kappa shape index (κ3) is 4.36. The van der Waals surface area contributed by atoms with Crippen LogP contribution in [0.5, 0.6) is 5.75 Å². The number of amides is 1. The van der Waals surface area contributed by atoms with Gasteiger partial charge in [-0.25, -0.2) is 4.79 Å². The Balaban J connectivity index is 1.75. The molecule has 2 aliphatic rings. The molecule has 0 aromatic heterocycles. The van der Waals surface area contributed by atoms with E-state index in [1.165, 1.54) is 17.6 Å². The van der Waals surface area contributed by atoms with Gasteiger partial charge in [0.1, 0.15) is 11.4 Å². The molecule has 2 aliphatic heterocycles. The van der Waals surface area contributed by atoms with Crippen molar-refractivity contribution >= 4 is 6.09 Å². The molecule has 1 saturated heterocycles. The Kier molecular flexibility index (Phi) is 5.07. The molecule has 0 aliphatic carbocycles. The maximum Gasteiger partial charge on any atom is 0.411 e. The summed E-state index contributed by atoms with van der Waals surface area (Å²) in [6.45, 7) is 5.78. The van der Waals surface area contributed by atoms with Crippen molar-refractivity contribution < 1.29 is 14.3 Å². The van der Waals surface area contributed by atoms with Crippen molar-refractivity contribution in [3.05, 3.63) is 41.5 Å². The van der Waals surface area contributed by atoms with Gasteiger partial charge in [-0.15, -0.1) is 0 Å². The molecule has 2 unspecified atom stereocenters. The third-order valence-electron chi connectivity index (χ3n) is 4.88. The molecule has 0 saturated carbocycles. The Morgan fingerprint density at radius 2 is 2.08 bits per heavy atom. The maximum atomic E-state index is 12.6. The van der Waals surface area contributed by atoms with Gasteiger partial charge in [0.15, 0.2) is 0 Å². The molecule has 4 heteroatoms. The zero-order chi connectivity index (χ0) is 18.0. The first-order valence-electron chi connectivity index (χ1n) is 9.19. The molecule has 25 heavy (non-hydrogen) atoms. The highest BCUT2D eigenvalue weighted by atomic mass is 16.6. The topological polar surface area (TPSA) is 38.8 Å². The van der Waals surface area contributed by atoms with Crippen LogP contribution in [0.15, 0.2) is 35.9 Å². The Morgan fingerprint density at radius 3 is 2.76 bits per heavy atom. The van der Waals surface area contributed by atoms with Gasteiger partial charge in [-0.05, 0) is 70.6 Å². The summed E-state index contributed by atoms with van der Waals surface area (Å²) in [5.41, 5.74) is 2.23. The van der Waals surface area contributed by atoms with Crippen molar-refractivity contribution in [2.45, 2.75) is 70.6 Å². The van der Waals surface area contributed by atoms with Gasteiger partial charge in [0, 0.05) is 6.04 Å². The SMILES string of the molecule is COc1cccc(CC2=CC3CCCC(C2)N3C(=O)OC(C)(C)C)c1. The summed E-state index contributed by atoms with van der Waals surface area (Å²) >= 11 is 0. The number of benzene rings is 1. The van der Waals surface area contributed by atoms with Gasteiger partial charge < -0.3 is 9.47 Å². The summed E-state index contributed by atoms with van der Waals surface area (Å²) in [6, 6.07) is 8.67. The van der Waals surface area contributed by atoms with E-state index in [-0.39, 0.29) is 18.2 Å². The third-order valence-corrected chi connectivity index (χ3v) is 4.88. The zero-order valence-electron chi connectivity index (χ0n) is 15.7. The highest BCUT2D eigenvalue weighted by Gasteiger charge is 2.39. The van der Waals surface area contributed by atoms with Gasteiger partial charge >= 0.3 is 6.09 Å². The van der Waals surface area contributed by atoms with Gasteiger partial charge in [-0.1, -0.05) is 23.8 Å². The number of ether oxygens (including phenoxy) is 2. The van der Waals surface area contributed by atoms with Crippen LogP contribution >= 0.6 is 0 Å². The van der Waals surface area contributed by atoms with Crippen LogP contribution in [-0.4, -0.2) is 35.8 Å². The Labute approximate surface area is 150 Å². The fraction of sp³-hybridized carbons (Fsp3) is 0.571. The minimum atomic E-state index is -0.448. The summed E-state index contributed by atoms with van der Waals surface area (Å²) in [5.74, 6) is 0.893. The van der Waals surface area contributed by atoms with Crippen molar-refractivity contribution in [1.82, 2.24) is 4.90 Å². The van der Waals surface area contributed by atoms with Crippen LogP contribution in [0, 0.1) is 0 Å². The normalized spacial score (nSPS) is 23.0. The van der Waals surface area contributed by atoms with E-state index < -0.39 is 5.60 Å². The van der Waals surface area contributed by atoms with E-state index in [0.29, 0.717) is 0 Å². The van der Waals surface area contributed by atoms with Crippen molar-refractivity contribution in [2.24, 2.45) is 0 Å². The number of fused-ring (bicyclic) bond motifs is 2. The fourth-order valence-corrected chi connectivity index (χ4v) is 3.89. The Hall–Kier alpha value is -1.97. The molecule has 2 atom stereocenters. The second-order valence-corrected chi connectivity index (χ2v) is 8.10. The van der Waals surface area contributed by atoms with Crippen LogP contribution in [0.25, 0.3) is 0 Å². The molecule has 1 amide bonds. The van der Waals surface area contributed by atoms with Crippen LogP contribution in [0.3, 0.4) is 0 Å². The van der Waals surface area contributed by atoms with Gasteiger partial charge in [-0.3, -0.25) is 4.90 Å². The van der Waals surface area contributed by atoms with E-state index in [0.717, 1.165) is 31.4 Å². The molecule has 1 aromatic carbocycles. The summed E-state index contributed by atoms with van der Waals surface area (Å²) in [6.07, 6.45) is 7.25. The summed E-state index contributed by atoms with van der Waals surface area (Å²) in [7, 11) is 1.70. The van der Waals surface area contributed by atoms with Gasteiger partial charge in [-0.2, -0.15) is 0 Å². The molecular weight excluding hydrogens is 314 g/mol. The molecule has 0 radical (unpaired) electrons. The molecule has 136 valence electrons. The Morgan fingerprint density at radius 1 is 1.28 bits per heavy atom. The average molecular weight is 343 g/mol. The van der Waals surface area contributed by atoms with Crippen molar-refractivity contribution in [3.63, 3.8) is 0 Å². The number of piperidine rings is 1. The van der Waals surface area contributed by atoms with Crippen molar-refractivity contribution in [2.75, 3.05) is 7.11 Å². The first kappa shape index (κ1) is 17.8. The van der Waals surface area contributed by atoms with Crippen molar-refractivity contribution in [1.29, 1.82) is 0 Å². The fourth-order valence-electron chi connectivity index (χ4n) is 3.89. The zero-order valence-corrected chi connectivity index (χ0v) is 15.7. The van der Waals surface area contributed by atoms with E-state index in [1.54, 1.807) is 7.11 Å². The summed E-state index contributed by atoms with van der Waals surface area (Å²) in [5, 5.41) is 0. The highest BCUT2D eigenvalue weighted by Crippen LogP contribution is 2.35. The first-order chi connectivity index (χ1) is 11.9. The van der Waals surface area contributed by atoms with Crippen LogP contribution in [0.2, 0.25) is 0 Å². The van der Waals surface area contributed by atoms with Gasteiger partial charge in [0.2, 0.25) is 0 Å². The molecule has 2 heterocycles. The number of methoxy groups -OCH3 is 1. The van der Waals surface area contributed by atoms with E-state index in [1.807, 2.05) is 37.8 Å². The second-order valence-electron chi connectivity index (χ2n) is 8.10. The summed E-state index contributed by atoms with van der Waals surface area (Å²) < 4.78 is 11.0. The molecule has 1 aromatic rings. The lowest BCUT2D eigenvalue weighted by Gasteiger charge is -2.45. The quantitative estimate of drug-likeness (QED) is 0.745. The van der Waals surface area contributed by atoms with Crippen LogP contribution in [0.1, 0.15) is 52.0 Å². The van der Waals surface area contributed by atoms with Crippen LogP contribution < -0.4 is 4.74 Å².